The van der Waals surface area contributed by atoms with Crippen molar-refractivity contribution in [3.63, 3.8) is 0 Å². The third-order valence-electron chi connectivity index (χ3n) is 2.63. The molecule has 1 heterocycles. The molecule has 0 fully saturated rings. The van der Waals surface area contributed by atoms with Gasteiger partial charge in [-0.1, -0.05) is 6.07 Å². The fourth-order valence-electron chi connectivity index (χ4n) is 1.68. The molecule has 0 spiro atoms. The Kier molecular flexibility index (Phi) is 8.26. The average molecular weight is 256 g/mol. The Labute approximate surface area is 109 Å². The molecule has 1 rings (SSSR count). The highest BCUT2D eigenvalue weighted by Gasteiger charge is 2.00. The maximum atomic E-state index is 4.98. The minimum atomic E-state index is 0.804. The summed E-state index contributed by atoms with van der Waals surface area (Å²) >= 11 is 1.84. The van der Waals surface area contributed by atoms with Gasteiger partial charge in [0.15, 0.2) is 0 Å². The van der Waals surface area contributed by atoms with Crippen LogP contribution in [0.2, 0.25) is 0 Å². The zero-order valence-corrected chi connectivity index (χ0v) is 11.8. The summed E-state index contributed by atoms with van der Waals surface area (Å²) in [7, 11) is 3.93. The highest BCUT2D eigenvalue weighted by molar-refractivity contribution is 7.09. The van der Waals surface area contributed by atoms with Crippen molar-refractivity contribution in [1.29, 1.82) is 0 Å². The molecule has 0 amide bonds. The predicted octanol–water partition coefficient (Wildman–Crippen LogP) is 2.20. The molecule has 0 aromatic carbocycles. The fraction of sp³-hybridized carbons (Fsp3) is 0.692. The van der Waals surface area contributed by atoms with Crippen molar-refractivity contribution in [1.82, 2.24) is 10.2 Å². The molecule has 0 aliphatic heterocycles. The van der Waals surface area contributed by atoms with Crippen LogP contribution in [-0.2, 0) is 11.3 Å². The molecule has 0 aliphatic rings. The molecule has 0 atom stereocenters. The molecular weight excluding hydrogens is 232 g/mol. The van der Waals surface area contributed by atoms with Crippen molar-refractivity contribution in [3.8, 4) is 0 Å². The van der Waals surface area contributed by atoms with Gasteiger partial charge in [-0.15, -0.1) is 11.3 Å². The van der Waals surface area contributed by atoms with Gasteiger partial charge in [0.25, 0.3) is 0 Å². The highest BCUT2D eigenvalue weighted by atomic mass is 32.1. The first-order valence-electron chi connectivity index (χ1n) is 6.23. The normalized spacial score (nSPS) is 11.2. The van der Waals surface area contributed by atoms with Gasteiger partial charge in [0.05, 0.1) is 6.61 Å². The summed E-state index contributed by atoms with van der Waals surface area (Å²) in [6.07, 6.45) is 2.49. The molecule has 0 unspecified atom stereocenters. The SMILES string of the molecule is COCCNCCCCN(C)Cc1cccs1. The zero-order chi connectivity index (χ0) is 12.3. The van der Waals surface area contributed by atoms with Crippen molar-refractivity contribution in [2.45, 2.75) is 19.4 Å². The van der Waals surface area contributed by atoms with Gasteiger partial charge in [0.1, 0.15) is 0 Å². The summed E-state index contributed by atoms with van der Waals surface area (Å²) in [6.45, 7) is 5.11. The van der Waals surface area contributed by atoms with E-state index in [1.165, 1.54) is 24.3 Å². The van der Waals surface area contributed by atoms with Crippen LogP contribution in [0.4, 0.5) is 0 Å². The van der Waals surface area contributed by atoms with Gasteiger partial charge >= 0.3 is 0 Å². The molecule has 4 heteroatoms. The van der Waals surface area contributed by atoms with Crippen molar-refractivity contribution in [2.24, 2.45) is 0 Å². The third kappa shape index (κ3) is 7.49. The fourth-order valence-corrected chi connectivity index (χ4v) is 2.46. The van der Waals surface area contributed by atoms with Gasteiger partial charge in [0.2, 0.25) is 0 Å². The second-order valence-electron chi connectivity index (χ2n) is 4.27. The Balaban J connectivity index is 1.92. The van der Waals surface area contributed by atoms with Crippen LogP contribution in [-0.4, -0.2) is 45.3 Å². The Morgan fingerprint density at radius 2 is 2.24 bits per heavy atom. The third-order valence-corrected chi connectivity index (χ3v) is 3.49. The monoisotopic (exact) mass is 256 g/mol. The van der Waals surface area contributed by atoms with E-state index in [1.54, 1.807) is 7.11 Å². The minimum Gasteiger partial charge on any atom is -0.383 e. The van der Waals surface area contributed by atoms with E-state index in [9.17, 15) is 0 Å². The van der Waals surface area contributed by atoms with Crippen molar-refractivity contribution < 1.29 is 4.74 Å². The lowest BCUT2D eigenvalue weighted by atomic mass is 10.3. The Hall–Kier alpha value is -0.420. The van der Waals surface area contributed by atoms with Crippen LogP contribution in [0.25, 0.3) is 0 Å². The second kappa shape index (κ2) is 9.59. The minimum absolute atomic E-state index is 0.804. The van der Waals surface area contributed by atoms with E-state index in [0.29, 0.717) is 0 Å². The van der Waals surface area contributed by atoms with Gasteiger partial charge in [0, 0.05) is 25.1 Å². The number of hydrogen-bond acceptors (Lipinski definition) is 4. The summed E-state index contributed by atoms with van der Waals surface area (Å²) < 4.78 is 4.98. The molecule has 1 N–H and O–H groups in total. The number of unbranched alkanes of at least 4 members (excludes halogenated alkanes) is 1. The van der Waals surface area contributed by atoms with Crippen LogP contribution in [0.3, 0.4) is 0 Å². The average Bonchev–Trinajstić information content (AvgIpc) is 2.80. The van der Waals surface area contributed by atoms with Crippen LogP contribution >= 0.6 is 11.3 Å². The van der Waals surface area contributed by atoms with E-state index < -0.39 is 0 Å². The number of hydrogen-bond donors (Lipinski definition) is 1. The number of methoxy groups -OCH3 is 1. The van der Waals surface area contributed by atoms with Crippen LogP contribution in [0.15, 0.2) is 17.5 Å². The van der Waals surface area contributed by atoms with E-state index in [-0.39, 0.29) is 0 Å². The molecule has 98 valence electrons. The summed E-state index contributed by atoms with van der Waals surface area (Å²) in [5.74, 6) is 0. The summed E-state index contributed by atoms with van der Waals surface area (Å²) in [5.41, 5.74) is 0. The molecule has 0 saturated heterocycles. The maximum absolute atomic E-state index is 4.98. The van der Waals surface area contributed by atoms with Crippen LogP contribution in [0.5, 0.6) is 0 Å². The maximum Gasteiger partial charge on any atom is 0.0587 e. The Morgan fingerprint density at radius 3 is 2.94 bits per heavy atom. The molecular formula is C13H24N2OS. The summed E-state index contributed by atoms with van der Waals surface area (Å²) in [4.78, 5) is 3.84. The molecule has 0 radical (unpaired) electrons. The van der Waals surface area contributed by atoms with Crippen molar-refractivity contribution >= 4 is 11.3 Å². The Bertz CT molecular complexity index is 264. The van der Waals surface area contributed by atoms with E-state index in [0.717, 1.165) is 26.2 Å². The first kappa shape index (κ1) is 14.6. The first-order chi connectivity index (χ1) is 8.33. The van der Waals surface area contributed by atoms with E-state index in [4.69, 9.17) is 4.74 Å². The number of ether oxygens (including phenoxy) is 1. The van der Waals surface area contributed by atoms with E-state index in [2.05, 4.69) is 34.8 Å². The molecule has 17 heavy (non-hydrogen) atoms. The zero-order valence-electron chi connectivity index (χ0n) is 10.9. The number of thiophene rings is 1. The summed E-state index contributed by atoms with van der Waals surface area (Å²) in [6, 6.07) is 4.32. The molecule has 0 aliphatic carbocycles. The first-order valence-corrected chi connectivity index (χ1v) is 7.11. The smallest absolute Gasteiger partial charge is 0.0587 e. The standard InChI is InChI=1S/C13H24N2OS/c1-15(12-13-6-5-11-17-13)9-4-3-7-14-8-10-16-2/h5-6,11,14H,3-4,7-10,12H2,1-2H3. The van der Waals surface area contributed by atoms with Gasteiger partial charge in [-0.3, -0.25) is 0 Å². The highest BCUT2D eigenvalue weighted by Crippen LogP contribution is 2.10. The van der Waals surface area contributed by atoms with Gasteiger partial charge in [-0.2, -0.15) is 0 Å². The topological polar surface area (TPSA) is 24.5 Å². The summed E-state index contributed by atoms with van der Waals surface area (Å²) in [5, 5.41) is 5.51. The van der Waals surface area contributed by atoms with Crippen LogP contribution in [0, 0.1) is 0 Å². The van der Waals surface area contributed by atoms with Gasteiger partial charge in [-0.25, -0.2) is 0 Å². The van der Waals surface area contributed by atoms with E-state index >= 15 is 0 Å². The van der Waals surface area contributed by atoms with Crippen molar-refractivity contribution in [3.05, 3.63) is 22.4 Å². The number of nitrogens with one attached hydrogen (secondary N) is 1. The van der Waals surface area contributed by atoms with Gasteiger partial charge in [-0.05, 0) is 44.4 Å². The number of rotatable bonds is 10. The molecule has 0 bridgehead atoms. The molecule has 0 saturated carbocycles. The van der Waals surface area contributed by atoms with Crippen LogP contribution in [0.1, 0.15) is 17.7 Å². The Morgan fingerprint density at radius 1 is 1.35 bits per heavy atom. The number of nitrogens with zero attached hydrogens (tertiary/aromatic N) is 1. The second-order valence-corrected chi connectivity index (χ2v) is 5.30. The lowest BCUT2D eigenvalue weighted by Gasteiger charge is -2.15. The quantitative estimate of drug-likeness (QED) is 0.650. The molecule has 1 aromatic heterocycles. The lowest BCUT2D eigenvalue weighted by molar-refractivity contribution is 0.199. The predicted molar refractivity (Wildman–Crippen MR) is 74.6 cm³/mol. The van der Waals surface area contributed by atoms with Crippen LogP contribution < -0.4 is 5.32 Å². The lowest BCUT2D eigenvalue weighted by Crippen LogP contribution is -2.22. The largest absolute Gasteiger partial charge is 0.383 e. The van der Waals surface area contributed by atoms with Gasteiger partial charge < -0.3 is 15.0 Å². The molecule has 3 nitrogen and oxygen atoms in total. The van der Waals surface area contributed by atoms with Crippen molar-refractivity contribution in [2.75, 3.05) is 40.4 Å². The van der Waals surface area contributed by atoms with E-state index in [1.807, 2.05) is 11.3 Å². The molecule has 1 aromatic rings.